The molecule has 7 heteroatoms. The Balaban J connectivity index is 0.00000208. The largest absolute Gasteiger partial charge is 0.457 e. The minimum Gasteiger partial charge on any atom is -0.457 e. The summed E-state index contributed by atoms with van der Waals surface area (Å²) >= 11 is 0. The molecule has 0 amide bonds. The number of halogens is 1. The van der Waals surface area contributed by atoms with Crippen LogP contribution < -0.4 is 10.5 Å². The third kappa shape index (κ3) is 4.08. The highest BCUT2D eigenvalue weighted by atomic mass is 35.5. The van der Waals surface area contributed by atoms with Crippen molar-refractivity contribution in [3.05, 3.63) is 54.1 Å². The average Bonchev–Trinajstić information content (AvgIpc) is 2.95. The van der Waals surface area contributed by atoms with Crippen molar-refractivity contribution >= 4 is 22.4 Å². The molecular formula is C17H21ClN2O3S. The van der Waals surface area contributed by atoms with Crippen molar-refractivity contribution in [1.82, 2.24) is 4.31 Å². The first-order valence-corrected chi connectivity index (χ1v) is 8.99. The van der Waals surface area contributed by atoms with Gasteiger partial charge in [0.05, 0.1) is 4.90 Å². The smallest absolute Gasteiger partial charge is 0.243 e. The maximum atomic E-state index is 12.5. The van der Waals surface area contributed by atoms with Gasteiger partial charge >= 0.3 is 0 Å². The number of hydrogen-bond donors (Lipinski definition) is 1. The summed E-state index contributed by atoms with van der Waals surface area (Å²) in [5.74, 6) is 1.33. The van der Waals surface area contributed by atoms with Crippen LogP contribution in [0, 0.1) is 6.92 Å². The molecule has 2 aromatic carbocycles. The van der Waals surface area contributed by atoms with Crippen molar-refractivity contribution < 1.29 is 13.2 Å². The fourth-order valence-corrected chi connectivity index (χ4v) is 4.13. The second-order valence-electron chi connectivity index (χ2n) is 5.80. The van der Waals surface area contributed by atoms with Crippen molar-refractivity contribution in [3.63, 3.8) is 0 Å². The molecule has 1 atom stereocenters. The summed E-state index contributed by atoms with van der Waals surface area (Å²) < 4.78 is 32.2. The van der Waals surface area contributed by atoms with Crippen molar-refractivity contribution in [3.8, 4) is 11.5 Å². The van der Waals surface area contributed by atoms with Gasteiger partial charge in [-0.3, -0.25) is 0 Å². The number of ether oxygens (including phenoxy) is 1. The molecular weight excluding hydrogens is 348 g/mol. The highest BCUT2D eigenvalue weighted by molar-refractivity contribution is 7.89. The quantitative estimate of drug-likeness (QED) is 0.900. The Bertz CT molecular complexity index is 794. The summed E-state index contributed by atoms with van der Waals surface area (Å²) in [6, 6.07) is 14.1. The van der Waals surface area contributed by atoms with E-state index in [2.05, 4.69) is 0 Å². The topological polar surface area (TPSA) is 72.6 Å². The van der Waals surface area contributed by atoms with Crippen LogP contribution in [0.1, 0.15) is 12.0 Å². The molecule has 1 saturated heterocycles. The lowest BCUT2D eigenvalue weighted by Crippen LogP contribution is -2.31. The van der Waals surface area contributed by atoms with Crippen molar-refractivity contribution in [2.45, 2.75) is 24.3 Å². The summed E-state index contributed by atoms with van der Waals surface area (Å²) in [6.45, 7) is 2.85. The zero-order valence-electron chi connectivity index (χ0n) is 13.4. The molecule has 0 radical (unpaired) electrons. The molecule has 0 bridgehead atoms. The fraction of sp³-hybridized carbons (Fsp3) is 0.294. The molecule has 0 unspecified atom stereocenters. The molecule has 2 aromatic rings. The molecule has 1 fully saturated rings. The molecule has 1 heterocycles. The van der Waals surface area contributed by atoms with Gasteiger partial charge in [0.25, 0.3) is 0 Å². The average molecular weight is 369 g/mol. The van der Waals surface area contributed by atoms with Crippen LogP contribution in [0.2, 0.25) is 0 Å². The SMILES string of the molecule is Cc1cccc(Oc2ccc(S(=O)(=O)N3CC[C@@H](N)C3)cc2)c1.Cl. The van der Waals surface area contributed by atoms with Crippen molar-refractivity contribution in [2.24, 2.45) is 5.73 Å². The number of rotatable bonds is 4. The molecule has 130 valence electrons. The summed E-state index contributed by atoms with van der Waals surface area (Å²) in [5.41, 5.74) is 6.90. The number of nitrogens with two attached hydrogens (primary N) is 1. The van der Waals surface area contributed by atoms with E-state index in [1.165, 1.54) is 4.31 Å². The van der Waals surface area contributed by atoms with Gasteiger partial charge in [0.1, 0.15) is 11.5 Å². The molecule has 0 saturated carbocycles. The van der Waals surface area contributed by atoms with E-state index in [-0.39, 0.29) is 23.3 Å². The first-order valence-electron chi connectivity index (χ1n) is 7.55. The third-order valence-electron chi connectivity index (χ3n) is 3.87. The van der Waals surface area contributed by atoms with Gasteiger partial charge in [-0.15, -0.1) is 12.4 Å². The lowest BCUT2D eigenvalue weighted by molar-refractivity contribution is 0.471. The number of benzene rings is 2. The minimum atomic E-state index is -3.47. The molecule has 24 heavy (non-hydrogen) atoms. The van der Waals surface area contributed by atoms with Crippen LogP contribution in [0.5, 0.6) is 11.5 Å². The van der Waals surface area contributed by atoms with E-state index in [0.29, 0.717) is 25.3 Å². The Morgan fingerprint density at radius 3 is 2.42 bits per heavy atom. The Kier molecular flexibility index (Phi) is 5.87. The summed E-state index contributed by atoms with van der Waals surface area (Å²) in [5, 5.41) is 0. The van der Waals surface area contributed by atoms with Crippen LogP contribution in [0.25, 0.3) is 0 Å². The monoisotopic (exact) mass is 368 g/mol. The molecule has 0 aromatic heterocycles. The number of nitrogens with zero attached hydrogens (tertiary/aromatic N) is 1. The van der Waals surface area contributed by atoms with Gasteiger partial charge in [0.2, 0.25) is 10.0 Å². The Morgan fingerprint density at radius 1 is 1.12 bits per heavy atom. The van der Waals surface area contributed by atoms with E-state index in [0.717, 1.165) is 11.3 Å². The zero-order chi connectivity index (χ0) is 16.4. The van der Waals surface area contributed by atoms with Gasteiger partial charge < -0.3 is 10.5 Å². The van der Waals surface area contributed by atoms with Crippen molar-refractivity contribution in [2.75, 3.05) is 13.1 Å². The number of sulfonamides is 1. The predicted octanol–water partition coefficient (Wildman–Crippen LogP) is 2.93. The number of aryl methyl sites for hydroxylation is 1. The second kappa shape index (κ2) is 7.53. The van der Waals surface area contributed by atoms with Crippen molar-refractivity contribution in [1.29, 1.82) is 0 Å². The molecule has 1 aliphatic rings. The van der Waals surface area contributed by atoms with E-state index >= 15 is 0 Å². The summed E-state index contributed by atoms with van der Waals surface area (Å²) in [6.07, 6.45) is 0.702. The standard InChI is InChI=1S/C17H20N2O3S.ClH/c1-13-3-2-4-16(11-13)22-15-5-7-17(8-6-15)23(20,21)19-10-9-14(18)12-19;/h2-8,11,14H,9-10,12,18H2,1H3;1H/t14-;/m1./s1. The van der Waals surface area contributed by atoms with E-state index in [1.54, 1.807) is 24.3 Å². The molecule has 0 aliphatic carbocycles. The van der Waals surface area contributed by atoms with E-state index in [9.17, 15) is 8.42 Å². The molecule has 3 rings (SSSR count). The van der Waals surface area contributed by atoms with Gasteiger partial charge in [-0.1, -0.05) is 12.1 Å². The molecule has 1 aliphatic heterocycles. The van der Waals surface area contributed by atoms with Crippen LogP contribution in [-0.2, 0) is 10.0 Å². The first-order chi connectivity index (χ1) is 10.9. The van der Waals surface area contributed by atoms with Gasteiger partial charge in [0.15, 0.2) is 0 Å². The predicted molar refractivity (Wildman–Crippen MR) is 96.3 cm³/mol. The van der Waals surface area contributed by atoms with Crippen LogP contribution in [-0.4, -0.2) is 31.9 Å². The number of hydrogen-bond acceptors (Lipinski definition) is 4. The van der Waals surface area contributed by atoms with Gasteiger partial charge in [-0.25, -0.2) is 8.42 Å². The van der Waals surface area contributed by atoms with Gasteiger partial charge in [-0.2, -0.15) is 4.31 Å². The van der Waals surface area contributed by atoms with Crippen LogP contribution >= 0.6 is 12.4 Å². The van der Waals surface area contributed by atoms with Crippen LogP contribution in [0.15, 0.2) is 53.4 Å². The summed E-state index contributed by atoms with van der Waals surface area (Å²) in [4.78, 5) is 0.267. The van der Waals surface area contributed by atoms with E-state index < -0.39 is 10.0 Å². The molecule has 0 spiro atoms. The first kappa shape index (κ1) is 18.7. The Hall–Kier alpha value is -1.60. The maximum Gasteiger partial charge on any atom is 0.243 e. The zero-order valence-corrected chi connectivity index (χ0v) is 15.0. The fourth-order valence-electron chi connectivity index (χ4n) is 2.62. The second-order valence-corrected chi connectivity index (χ2v) is 7.74. The summed E-state index contributed by atoms with van der Waals surface area (Å²) in [7, 11) is -3.47. The molecule has 2 N–H and O–H groups in total. The van der Waals surface area contributed by atoms with Gasteiger partial charge in [-0.05, 0) is 55.3 Å². The Labute approximate surface area is 148 Å². The minimum absolute atomic E-state index is 0. The molecule has 5 nitrogen and oxygen atoms in total. The lowest BCUT2D eigenvalue weighted by Gasteiger charge is -2.16. The highest BCUT2D eigenvalue weighted by Crippen LogP contribution is 2.26. The van der Waals surface area contributed by atoms with Crippen LogP contribution in [0.4, 0.5) is 0 Å². The third-order valence-corrected chi connectivity index (χ3v) is 5.75. The lowest BCUT2D eigenvalue weighted by atomic mass is 10.2. The van der Waals surface area contributed by atoms with E-state index in [4.69, 9.17) is 10.5 Å². The maximum absolute atomic E-state index is 12.5. The Morgan fingerprint density at radius 2 is 1.83 bits per heavy atom. The van der Waals surface area contributed by atoms with E-state index in [1.807, 2.05) is 31.2 Å². The van der Waals surface area contributed by atoms with Gasteiger partial charge in [0, 0.05) is 19.1 Å². The normalized spacial score (nSPS) is 18.2. The highest BCUT2D eigenvalue weighted by Gasteiger charge is 2.30. The van der Waals surface area contributed by atoms with Crippen LogP contribution in [0.3, 0.4) is 0 Å².